The Morgan fingerprint density at radius 1 is 1.05 bits per heavy atom. The van der Waals surface area contributed by atoms with E-state index in [4.69, 9.17) is 25.5 Å². The zero-order valence-electron chi connectivity index (χ0n) is 10.7. The van der Waals surface area contributed by atoms with Crippen LogP contribution in [0.15, 0.2) is 0 Å². The van der Waals surface area contributed by atoms with Crippen molar-refractivity contribution in [3.63, 3.8) is 0 Å². The first-order valence-corrected chi connectivity index (χ1v) is 5.25. The highest BCUT2D eigenvalue weighted by Gasteiger charge is 2.38. The van der Waals surface area contributed by atoms with E-state index in [1.807, 2.05) is 0 Å². The molecule has 1 aliphatic heterocycles. The maximum atomic E-state index is 10.6. The number of carboxylic acids is 2. The maximum Gasteiger partial charge on any atom is 0.490 e. The fourth-order valence-corrected chi connectivity index (χ4v) is 0.696. The van der Waals surface area contributed by atoms with Gasteiger partial charge in [-0.1, -0.05) is 6.92 Å². The van der Waals surface area contributed by atoms with E-state index >= 15 is 0 Å². The van der Waals surface area contributed by atoms with Gasteiger partial charge >= 0.3 is 24.3 Å². The van der Waals surface area contributed by atoms with Gasteiger partial charge in [0.2, 0.25) is 0 Å². The summed E-state index contributed by atoms with van der Waals surface area (Å²) in [6.45, 7) is 4.13. The second kappa shape index (κ2) is 8.02. The highest BCUT2D eigenvalue weighted by atomic mass is 19.4. The summed E-state index contributed by atoms with van der Waals surface area (Å²) < 4.78 is 63.5. The number of hydrogen-bond acceptors (Lipinski definition) is 4. The van der Waals surface area contributed by atoms with Crippen LogP contribution in [0.5, 0.6) is 0 Å². The quantitative estimate of drug-likeness (QED) is 0.534. The molecular weight excluding hydrogens is 314 g/mol. The normalized spacial score (nSPS) is 16.4. The minimum atomic E-state index is -5.08. The van der Waals surface area contributed by atoms with E-state index in [-0.39, 0.29) is 5.54 Å². The Balaban J connectivity index is 0. The zero-order valence-corrected chi connectivity index (χ0v) is 10.7. The summed E-state index contributed by atoms with van der Waals surface area (Å²) in [6.07, 6.45) is -9.07. The Hall–Kier alpha value is -1.56. The smallest absolute Gasteiger partial charge is 0.475 e. The van der Waals surface area contributed by atoms with E-state index in [1.54, 1.807) is 0 Å². The molecule has 0 saturated carbocycles. The Labute approximate surface area is 114 Å². The molecule has 5 N–H and O–H groups in total. The lowest BCUT2D eigenvalue weighted by Gasteiger charge is -2.38. The van der Waals surface area contributed by atoms with Gasteiger partial charge in [0.15, 0.2) is 0 Å². The van der Waals surface area contributed by atoms with Crippen LogP contribution in [0.3, 0.4) is 0 Å². The van der Waals surface area contributed by atoms with Gasteiger partial charge in [0.1, 0.15) is 0 Å². The highest BCUT2D eigenvalue weighted by Crippen LogP contribution is 2.13. The molecule has 21 heavy (non-hydrogen) atoms. The molecule has 0 radical (unpaired) electrons. The van der Waals surface area contributed by atoms with Gasteiger partial charge in [0, 0.05) is 18.6 Å². The minimum Gasteiger partial charge on any atom is -0.475 e. The van der Waals surface area contributed by atoms with Crippen molar-refractivity contribution in [3.8, 4) is 0 Å². The molecule has 0 aromatic carbocycles. The van der Waals surface area contributed by atoms with Gasteiger partial charge in [-0.2, -0.15) is 26.3 Å². The average molecular weight is 328 g/mol. The molecule has 1 saturated heterocycles. The molecule has 0 atom stereocenters. The van der Waals surface area contributed by atoms with Crippen LogP contribution in [0.2, 0.25) is 0 Å². The third-order valence-corrected chi connectivity index (χ3v) is 2.14. The fourth-order valence-electron chi connectivity index (χ4n) is 0.696. The molecule has 0 bridgehead atoms. The minimum absolute atomic E-state index is 0.153. The first kappa shape index (κ1) is 21.7. The second-order valence-corrected chi connectivity index (χ2v) is 3.93. The predicted octanol–water partition coefficient (Wildman–Crippen LogP) is 0.964. The van der Waals surface area contributed by atoms with Crippen molar-refractivity contribution in [2.75, 3.05) is 13.1 Å². The van der Waals surface area contributed by atoms with Crippen LogP contribution in [0.4, 0.5) is 26.3 Å². The topological polar surface area (TPSA) is 113 Å². The number of rotatable bonds is 1. The molecule has 1 rings (SSSR count). The molecule has 1 fully saturated rings. The highest BCUT2D eigenvalue weighted by molar-refractivity contribution is 5.73. The van der Waals surface area contributed by atoms with E-state index in [0.717, 1.165) is 19.5 Å². The lowest BCUT2D eigenvalue weighted by Crippen LogP contribution is -2.65. The number of nitrogens with two attached hydrogens (primary N) is 1. The summed E-state index contributed by atoms with van der Waals surface area (Å²) in [5.74, 6) is -5.51. The predicted molar refractivity (Wildman–Crippen MR) is 57.5 cm³/mol. The van der Waals surface area contributed by atoms with E-state index in [2.05, 4.69) is 12.2 Å². The third-order valence-electron chi connectivity index (χ3n) is 2.14. The van der Waals surface area contributed by atoms with Crippen molar-refractivity contribution in [1.29, 1.82) is 0 Å². The van der Waals surface area contributed by atoms with Gasteiger partial charge in [-0.3, -0.25) is 0 Å². The number of carbonyl (C=O) groups is 2. The SMILES string of the molecule is CCC1(N)CNC1.O=C(O)C(F)(F)F.O=C(O)C(F)(F)F. The lowest BCUT2D eigenvalue weighted by molar-refractivity contribution is -0.193. The molecule has 126 valence electrons. The fraction of sp³-hybridized carbons (Fsp3) is 0.778. The Morgan fingerprint density at radius 2 is 1.29 bits per heavy atom. The van der Waals surface area contributed by atoms with Crippen LogP contribution >= 0.6 is 0 Å². The summed E-state index contributed by atoms with van der Waals surface area (Å²) in [5.41, 5.74) is 5.89. The Morgan fingerprint density at radius 3 is 1.29 bits per heavy atom. The van der Waals surface area contributed by atoms with Crippen molar-refractivity contribution >= 4 is 11.9 Å². The van der Waals surface area contributed by atoms with E-state index in [0.29, 0.717) is 0 Å². The maximum absolute atomic E-state index is 10.6. The monoisotopic (exact) mass is 328 g/mol. The Kier molecular flexibility index (Phi) is 8.30. The van der Waals surface area contributed by atoms with Crippen LogP contribution in [0.25, 0.3) is 0 Å². The molecule has 1 heterocycles. The second-order valence-electron chi connectivity index (χ2n) is 3.93. The molecular formula is C9H14F6N2O4. The van der Waals surface area contributed by atoms with Crippen molar-refractivity contribution in [2.24, 2.45) is 5.73 Å². The summed E-state index contributed by atoms with van der Waals surface area (Å²) in [6, 6.07) is 0. The summed E-state index contributed by atoms with van der Waals surface area (Å²) in [5, 5.41) is 17.4. The average Bonchev–Trinajstić information content (AvgIpc) is 2.25. The van der Waals surface area contributed by atoms with Gasteiger partial charge in [0.05, 0.1) is 0 Å². The van der Waals surface area contributed by atoms with Crippen molar-refractivity contribution in [1.82, 2.24) is 5.32 Å². The van der Waals surface area contributed by atoms with Gasteiger partial charge in [-0.25, -0.2) is 9.59 Å². The molecule has 0 aliphatic carbocycles. The van der Waals surface area contributed by atoms with Crippen LogP contribution in [0.1, 0.15) is 13.3 Å². The lowest BCUT2D eigenvalue weighted by atomic mass is 9.91. The largest absolute Gasteiger partial charge is 0.490 e. The van der Waals surface area contributed by atoms with Crippen molar-refractivity contribution < 1.29 is 46.1 Å². The standard InChI is InChI=1S/C5H12N2.2C2HF3O2/c1-2-5(6)3-7-4-5;2*3-2(4,5)1(6)7/h7H,2-4,6H2,1H3;2*(H,6,7). The Bertz CT molecular complexity index is 322. The molecule has 0 aromatic heterocycles. The number of nitrogens with one attached hydrogen (secondary N) is 1. The van der Waals surface area contributed by atoms with Gasteiger partial charge in [-0.05, 0) is 6.42 Å². The van der Waals surface area contributed by atoms with Crippen LogP contribution in [-0.4, -0.2) is 53.1 Å². The van der Waals surface area contributed by atoms with Crippen molar-refractivity contribution in [3.05, 3.63) is 0 Å². The molecule has 0 spiro atoms. The number of hydrogen-bond donors (Lipinski definition) is 4. The summed E-state index contributed by atoms with van der Waals surface area (Å²) in [4.78, 5) is 17.8. The number of aliphatic carboxylic acids is 2. The van der Waals surface area contributed by atoms with Crippen LogP contribution < -0.4 is 11.1 Å². The number of halogens is 6. The van der Waals surface area contributed by atoms with Gasteiger partial charge < -0.3 is 21.3 Å². The molecule has 12 heteroatoms. The summed E-state index contributed by atoms with van der Waals surface area (Å²) >= 11 is 0. The van der Waals surface area contributed by atoms with Crippen LogP contribution in [0, 0.1) is 0 Å². The third kappa shape index (κ3) is 10.8. The zero-order chi connectivity index (χ0) is 17.5. The van der Waals surface area contributed by atoms with E-state index in [1.165, 1.54) is 0 Å². The number of alkyl halides is 6. The molecule has 0 aromatic rings. The van der Waals surface area contributed by atoms with E-state index < -0.39 is 24.3 Å². The van der Waals surface area contributed by atoms with Crippen molar-refractivity contribution in [2.45, 2.75) is 31.2 Å². The van der Waals surface area contributed by atoms with E-state index in [9.17, 15) is 26.3 Å². The number of carboxylic acid groups (broad SMARTS) is 2. The van der Waals surface area contributed by atoms with Gasteiger partial charge in [0.25, 0.3) is 0 Å². The first-order valence-electron chi connectivity index (χ1n) is 5.25. The summed E-state index contributed by atoms with van der Waals surface area (Å²) in [7, 11) is 0. The molecule has 6 nitrogen and oxygen atoms in total. The van der Waals surface area contributed by atoms with Crippen LogP contribution in [-0.2, 0) is 9.59 Å². The first-order chi connectivity index (χ1) is 9.15. The molecule has 0 amide bonds. The molecule has 1 aliphatic rings. The molecule has 0 unspecified atom stereocenters. The van der Waals surface area contributed by atoms with Gasteiger partial charge in [-0.15, -0.1) is 0 Å².